The first kappa shape index (κ1) is 15.5. The number of aliphatic hydroxyl groups is 1. The summed E-state index contributed by atoms with van der Waals surface area (Å²) < 4.78 is 27.6. The van der Waals surface area contributed by atoms with Gasteiger partial charge in [-0.25, -0.2) is 13.1 Å². The molecule has 1 fully saturated rings. The fraction of sp³-hybridized carbons (Fsp3) is 0.600. The quantitative estimate of drug-likeness (QED) is 0.846. The molecule has 2 atom stereocenters. The van der Waals surface area contributed by atoms with Crippen molar-refractivity contribution in [2.45, 2.75) is 56.6 Å². The molecule has 112 valence electrons. The molecule has 2 N–H and O–H groups in total. The van der Waals surface area contributed by atoms with Crippen LogP contribution in [0.5, 0.6) is 0 Å². The van der Waals surface area contributed by atoms with Gasteiger partial charge in [-0.3, -0.25) is 0 Å². The molecule has 1 saturated carbocycles. The fourth-order valence-corrected chi connectivity index (χ4v) is 4.23. The molecule has 0 spiro atoms. The van der Waals surface area contributed by atoms with Crippen molar-refractivity contribution in [1.29, 1.82) is 0 Å². The number of benzene rings is 1. The second kappa shape index (κ2) is 5.84. The highest BCUT2D eigenvalue weighted by Gasteiger charge is 2.32. The summed E-state index contributed by atoms with van der Waals surface area (Å²) in [7, 11) is -3.50. The predicted molar refractivity (Wildman–Crippen MR) is 79.0 cm³/mol. The zero-order valence-corrected chi connectivity index (χ0v) is 13.0. The van der Waals surface area contributed by atoms with E-state index in [1.807, 2.05) is 19.9 Å². The van der Waals surface area contributed by atoms with Crippen molar-refractivity contribution in [1.82, 2.24) is 4.72 Å². The highest BCUT2D eigenvalue weighted by atomic mass is 32.2. The predicted octanol–water partition coefficient (Wildman–Crippen LogP) is 2.25. The molecule has 0 saturated heterocycles. The van der Waals surface area contributed by atoms with E-state index in [2.05, 4.69) is 4.72 Å². The van der Waals surface area contributed by atoms with Crippen molar-refractivity contribution in [3.63, 3.8) is 0 Å². The lowest BCUT2D eigenvalue weighted by Gasteiger charge is -2.26. The van der Waals surface area contributed by atoms with Crippen LogP contribution in [-0.4, -0.2) is 25.7 Å². The molecule has 0 heterocycles. The Morgan fingerprint density at radius 1 is 1.20 bits per heavy atom. The Kier molecular flexibility index (Phi) is 4.52. The third kappa shape index (κ3) is 3.40. The molecule has 2 unspecified atom stereocenters. The van der Waals surface area contributed by atoms with Gasteiger partial charge in [0.15, 0.2) is 0 Å². The minimum atomic E-state index is -3.50. The molecular weight excluding hydrogens is 274 g/mol. The summed E-state index contributed by atoms with van der Waals surface area (Å²) in [6, 6.07) is 7.06. The molecule has 0 amide bonds. The van der Waals surface area contributed by atoms with Gasteiger partial charge in [0.1, 0.15) is 0 Å². The van der Waals surface area contributed by atoms with Crippen LogP contribution < -0.4 is 4.72 Å². The Balaban J connectivity index is 2.43. The molecule has 1 aliphatic rings. The molecule has 1 aromatic carbocycles. The van der Waals surface area contributed by atoms with E-state index in [0.717, 1.165) is 12.8 Å². The summed E-state index contributed by atoms with van der Waals surface area (Å²) in [5.74, 6) is -0.0331. The van der Waals surface area contributed by atoms with E-state index in [1.165, 1.54) is 0 Å². The lowest BCUT2D eigenvalue weighted by Crippen LogP contribution is -2.29. The van der Waals surface area contributed by atoms with Gasteiger partial charge in [0, 0.05) is 12.0 Å². The maximum atomic E-state index is 12.5. The molecule has 0 aliphatic heterocycles. The molecular formula is C15H23NO3S. The molecule has 0 radical (unpaired) electrons. The Morgan fingerprint density at radius 3 is 2.30 bits per heavy atom. The Bertz CT molecular complexity index is 554. The van der Waals surface area contributed by atoms with Crippen LogP contribution >= 0.6 is 0 Å². The lowest BCUT2D eigenvalue weighted by atomic mass is 9.84. The van der Waals surface area contributed by atoms with E-state index in [4.69, 9.17) is 0 Å². The van der Waals surface area contributed by atoms with Gasteiger partial charge in [0.05, 0.1) is 11.0 Å². The van der Waals surface area contributed by atoms with Gasteiger partial charge in [0.2, 0.25) is 10.0 Å². The van der Waals surface area contributed by atoms with E-state index in [9.17, 15) is 13.5 Å². The lowest BCUT2D eigenvalue weighted by molar-refractivity contribution is 0.139. The maximum Gasteiger partial charge on any atom is 0.241 e. The number of sulfonamides is 1. The minimum Gasteiger partial charge on any atom is -0.393 e. The first-order chi connectivity index (χ1) is 9.33. The van der Waals surface area contributed by atoms with Gasteiger partial charge in [0.25, 0.3) is 0 Å². The van der Waals surface area contributed by atoms with Crippen molar-refractivity contribution in [2.75, 3.05) is 0 Å². The van der Waals surface area contributed by atoms with Gasteiger partial charge in [-0.2, -0.15) is 0 Å². The number of aliphatic hydroxyl groups excluding tert-OH is 1. The van der Waals surface area contributed by atoms with Crippen molar-refractivity contribution < 1.29 is 13.5 Å². The molecule has 1 aromatic rings. The van der Waals surface area contributed by atoms with Crippen molar-refractivity contribution >= 4 is 10.0 Å². The summed E-state index contributed by atoms with van der Waals surface area (Å²) in [5.41, 5.74) is 0.700. The zero-order valence-electron chi connectivity index (χ0n) is 12.2. The van der Waals surface area contributed by atoms with E-state index in [1.54, 1.807) is 25.1 Å². The summed E-state index contributed by atoms with van der Waals surface area (Å²) in [5, 5.41) is 10.0. The van der Waals surface area contributed by atoms with Crippen LogP contribution in [0.2, 0.25) is 0 Å². The Labute approximate surface area is 121 Å². The standard InChI is InChI=1S/C15H23NO3S/c1-10(2)15(11(3)17)13-6-4-5-7-14(13)20(18,19)16-12-8-9-12/h4-7,10-12,15-17H,8-9H2,1-3H3. The van der Waals surface area contributed by atoms with E-state index < -0.39 is 16.1 Å². The van der Waals surface area contributed by atoms with Gasteiger partial charge in [-0.15, -0.1) is 0 Å². The number of rotatable bonds is 6. The summed E-state index contributed by atoms with van der Waals surface area (Å²) in [6.07, 6.45) is 1.23. The average Bonchev–Trinajstić information content (AvgIpc) is 3.11. The molecule has 2 rings (SSSR count). The van der Waals surface area contributed by atoms with Crippen LogP contribution in [-0.2, 0) is 10.0 Å². The van der Waals surface area contributed by atoms with Crippen LogP contribution in [0.1, 0.15) is 45.1 Å². The highest BCUT2D eigenvalue weighted by molar-refractivity contribution is 7.89. The summed E-state index contributed by atoms with van der Waals surface area (Å²) >= 11 is 0. The van der Waals surface area contributed by atoms with Gasteiger partial charge in [-0.1, -0.05) is 32.0 Å². The molecule has 4 nitrogen and oxygen atoms in total. The second-order valence-electron chi connectivity index (χ2n) is 5.94. The third-order valence-electron chi connectivity index (χ3n) is 3.70. The van der Waals surface area contributed by atoms with Crippen LogP contribution in [0, 0.1) is 5.92 Å². The third-order valence-corrected chi connectivity index (χ3v) is 5.30. The number of nitrogens with one attached hydrogen (secondary N) is 1. The zero-order chi connectivity index (χ0) is 14.9. The Morgan fingerprint density at radius 2 is 1.80 bits per heavy atom. The van der Waals surface area contributed by atoms with Crippen molar-refractivity contribution in [3.05, 3.63) is 29.8 Å². The molecule has 0 bridgehead atoms. The normalized spacial score (nSPS) is 19.1. The second-order valence-corrected chi connectivity index (χ2v) is 7.63. The maximum absolute atomic E-state index is 12.5. The van der Waals surface area contributed by atoms with Crippen LogP contribution in [0.4, 0.5) is 0 Å². The SMILES string of the molecule is CC(C)C(c1ccccc1S(=O)(=O)NC1CC1)C(C)O. The minimum absolute atomic E-state index is 0.0807. The van der Waals surface area contributed by atoms with Gasteiger partial charge in [-0.05, 0) is 37.3 Å². The monoisotopic (exact) mass is 297 g/mol. The molecule has 20 heavy (non-hydrogen) atoms. The van der Waals surface area contributed by atoms with E-state index in [-0.39, 0.29) is 17.9 Å². The highest BCUT2D eigenvalue weighted by Crippen LogP contribution is 2.33. The largest absolute Gasteiger partial charge is 0.393 e. The van der Waals surface area contributed by atoms with Crippen LogP contribution in [0.15, 0.2) is 29.2 Å². The van der Waals surface area contributed by atoms with Crippen molar-refractivity contribution in [2.24, 2.45) is 5.92 Å². The first-order valence-corrected chi connectivity index (χ1v) is 8.60. The number of hydrogen-bond acceptors (Lipinski definition) is 3. The first-order valence-electron chi connectivity index (χ1n) is 7.12. The topological polar surface area (TPSA) is 66.4 Å². The van der Waals surface area contributed by atoms with E-state index >= 15 is 0 Å². The van der Waals surface area contributed by atoms with E-state index in [0.29, 0.717) is 10.5 Å². The Hall–Kier alpha value is -0.910. The average molecular weight is 297 g/mol. The summed E-state index contributed by atoms with van der Waals surface area (Å²) in [4.78, 5) is 0.298. The fourth-order valence-electron chi connectivity index (χ4n) is 2.66. The smallest absolute Gasteiger partial charge is 0.241 e. The number of hydrogen-bond donors (Lipinski definition) is 2. The van der Waals surface area contributed by atoms with Crippen LogP contribution in [0.3, 0.4) is 0 Å². The molecule has 5 heteroatoms. The summed E-state index contributed by atoms with van der Waals surface area (Å²) in [6.45, 7) is 5.70. The van der Waals surface area contributed by atoms with Gasteiger partial charge < -0.3 is 5.11 Å². The molecule has 0 aromatic heterocycles. The van der Waals surface area contributed by atoms with Crippen molar-refractivity contribution in [3.8, 4) is 0 Å². The molecule has 1 aliphatic carbocycles. The van der Waals surface area contributed by atoms with Gasteiger partial charge >= 0.3 is 0 Å². The van der Waals surface area contributed by atoms with Crippen LogP contribution in [0.25, 0.3) is 0 Å².